The molecule has 0 aromatic rings. The quantitative estimate of drug-likeness (QED) is 0.619. The minimum atomic E-state index is 0.514. The zero-order valence-corrected chi connectivity index (χ0v) is 13.3. The normalized spacial score (nSPS) is 22.3. The lowest BCUT2D eigenvalue weighted by molar-refractivity contribution is 0.178. The molecule has 1 aliphatic rings. The summed E-state index contributed by atoms with van der Waals surface area (Å²) >= 11 is 4.40. The van der Waals surface area contributed by atoms with Crippen molar-refractivity contribution in [3.63, 3.8) is 0 Å². The van der Waals surface area contributed by atoms with Crippen molar-refractivity contribution in [2.75, 3.05) is 11.5 Å². The predicted molar refractivity (Wildman–Crippen MR) is 80.4 cm³/mol. The van der Waals surface area contributed by atoms with Crippen LogP contribution in [0.4, 0.5) is 0 Å². The van der Waals surface area contributed by atoms with Crippen molar-refractivity contribution in [2.24, 2.45) is 11.3 Å². The molecule has 0 atom stereocenters. The lowest BCUT2D eigenvalue weighted by Gasteiger charge is -2.43. The van der Waals surface area contributed by atoms with Gasteiger partial charge in [0.15, 0.2) is 0 Å². The standard InChI is InChI=1S/C14H28S2/c1-6-15-14(16-7-2)10-8-12(9-11-14)13(3,4)5/h12H,6-11H2,1-5H3. The molecule has 0 unspecified atom stereocenters. The molecule has 0 radical (unpaired) electrons. The zero-order valence-electron chi connectivity index (χ0n) is 11.6. The van der Waals surface area contributed by atoms with Gasteiger partial charge in [-0.25, -0.2) is 0 Å². The monoisotopic (exact) mass is 260 g/mol. The van der Waals surface area contributed by atoms with Gasteiger partial charge < -0.3 is 0 Å². The number of rotatable bonds is 4. The zero-order chi connectivity index (χ0) is 12.2. The number of thioether (sulfide) groups is 2. The SMILES string of the molecule is CCSC1(SCC)CCC(C(C)(C)C)CC1. The van der Waals surface area contributed by atoms with Crippen LogP contribution < -0.4 is 0 Å². The fraction of sp³-hybridized carbons (Fsp3) is 1.00. The summed E-state index contributed by atoms with van der Waals surface area (Å²) in [5.74, 6) is 3.48. The lowest BCUT2D eigenvalue weighted by Crippen LogP contribution is -2.33. The average molecular weight is 261 g/mol. The molecule has 1 fully saturated rings. The first-order valence-electron chi connectivity index (χ1n) is 6.71. The summed E-state index contributed by atoms with van der Waals surface area (Å²) in [6.07, 6.45) is 5.71. The second kappa shape index (κ2) is 6.04. The van der Waals surface area contributed by atoms with Crippen LogP contribution in [0.1, 0.15) is 60.3 Å². The first kappa shape index (κ1) is 14.8. The molecular weight excluding hydrogens is 232 g/mol. The van der Waals surface area contributed by atoms with E-state index in [0.717, 1.165) is 5.92 Å². The Morgan fingerprint density at radius 1 is 1.00 bits per heavy atom. The Morgan fingerprint density at radius 3 is 1.75 bits per heavy atom. The highest BCUT2D eigenvalue weighted by Crippen LogP contribution is 2.52. The molecule has 0 heterocycles. The fourth-order valence-electron chi connectivity index (χ4n) is 2.78. The molecule has 1 rings (SSSR count). The summed E-state index contributed by atoms with van der Waals surface area (Å²) in [6, 6.07) is 0. The molecular formula is C14H28S2. The second-order valence-corrected chi connectivity index (χ2v) is 9.47. The van der Waals surface area contributed by atoms with Gasteiger partial charge in [-0.1, -0.05) is 34.6 Å². The van der Waals surface area contributed by atoms with E-state index < -0.39 is 0 Å². The van der Waals surface area contributed by atoms with E-state index in [2.05, 4.69) is 58.1 Å². The van der Waals surface area contributed by atoms with Crippen LogP contribution in [0, 0.1) is 11.3 Å². The third-order valence-electron chi connectivity index (χ3n) is 3.79. The van der Waals surface area contributed by atoms with Crippen LogP contribution >= 0.6 is 23.5 Å². The number of hydrogen-bond donors (Lipinski definition) is 0. The van der Waals surface area contributed by atoms with E-state index in [-0.39, 0.29) is 0 Å². The molecule has 0 spiro atoms. The van der Waals surface area contributed by atoms with E-state index in [1.54, 1.807) is 0 Å². The summed E-state index contributed by atoms with van der Waals surface area (Å²) in [7, 11) is 0. The van der Waals surface area contributed by atoms with Gasteiger partial charge in [0, 0.05) is 0 Å². The van der Waals surface area contributed by atoms with Crippen LogP contribution in [0.25, 0.3) is 0 Å². The molecule has 96 valence electrons. The number of hydrogen-bond acceptors (Lipinski definition) is 2. The molecule has 0 aromatic heterocycles. The molecule has 0 N–H and O–H groups in total. The highest BCUT2D eigenvalue weighted by Gasteiger charge is 2.38. The van der Waals surface area contributed by atoms with Crippen molar-refractivity contribution < 1.29 is 0 Å². The topological polar surface area (TPSA) is 0 Å². The van der Waals surface area contributed by atoms with Gasteiger partial charge in [-0.3, -0.25) is 0 Å². The predicted octanol–water partition coefficient (Wildman–Crippen LogP) is 5.43. The van der Waals surface area contributed by atoms with Crippen molar-refractivity contribution >= 4 is 23.5 Å². The minimum Gasteiger partial charge on any atom is -0.145 e. The van der Waals surface area contributed by atoms with E-state index in [9.17, 15) is 0 Å². The van der Waals surface area contributed by atoms with E-state index >= 15 is 0 Å². The molecule has 0 amide bonds. The van der Waals surface area contributed by atoms with Gasteiger partial charge in [0.2, 0.25) is 0 Å². The van der Waals surface area contributed by atoms with Crippen LogP contribution in [-0.4, -0.2) is 15.6 Å². The van der Waals surface area contributed by atoms with Crippen molar-refractivity contribution in [1.82, 2.24) is 0 Å². The first-order chi connectivity index (χ1) is 7.43. The summed E-state index contributed by atoms with van der Waals surface area (Å²) in [5.41, 5.74) is 0.514. The third kappa shape index (κ3) is 3.87. The van der Waals surface area contributed by atoms with E-state index in [0.29, 0.717) is 9.49 Å². The van der Waals surface area contributed by atoms with Gasteiger partial charge in [0.25, 0.3) is 0 Å². The van der Waals surface area contributed by atoms with Crippen molar-refractivity contribution in [2.45, 2.75) is 64.4 Å². The van der Waals surface area contributed by atoms with Crippen molar-refractivity contribution in [3.8, 4) is 0 Å². The van der Waals surface area contributed by atoms with Crippen LogP contribution in [0.15, 0.2) is 0 Å². The van der Waals surface area contributed by atoms with E-state index in [1.165, 1.54) is 37.2 Å². The molecule has 1 saturated carbocycles. The van der Waals surface area contributed by atoms with E-state index in [1.807, 2.05) is 0 Å². The summed E-state index contributed by atoms with van der Waals surface area (Å²) in [4.78, 5) is 0. The Labute approximate surface area is 111 Å². The smallest absolute Gasteiger partial charge is 0.0611 e. The first-order valence-corrected chi connectivity index (χ1v) is 8.68. The molecule has 0 nitrogen and oxygen atoms in total. The maximum Gasteiger partial charge on any atom is 0.0611 e. The summed E-state index contributed by atoms with van der Waals surface area (Å²) in [5, 5.41) is 0. The lowest BCUT2D eigenvalue weighted by atomic mass is 9.72. The van der Waals surface area contributed by atoms with Crippen molar-refractivity contribution in [1.29, 1.82) is 0 Å². The molecule has 2 heteroatoms. The average Bonchev–Trinajstić information content (AvgIpc) is 2.17. The fourth-order valence-corrected chi connectivity index (χ4v) is 5.92. The highest BCUT2D eigenvalue weighted by atomic mass is 32.2. The minimum absolute atomic E-state index is 0.514. The highest BCUT2D eigenvalue weighted by molar-refractivity contribution is 8.18. The molecule has 0 aliphatic heterocycles. The molecule has 0 bridgehead atoms. The largest absolute Gasteiger partial charge is 0.145 e. The Bertz CT molecular complexity index is 189. The van der Waals surface area contributed by atoms with Gasteiger partial charge in [-0.05, 0) is 48.5 Å². The Hall–Kier alpha value is 0.700. The maximum atomic E-state index is 2.41. The van der Waals surface area contributed by atoms with E-state index in [4.69, 9.17) is 0 Å². The Kier molecular flexibility index (Phi) is 5.57. The maximum absolute atomic E-state index is 2.41. The van der Waals surface area contributed by atoms with Crippen molar-refractivity contribution in [3.05, 3.63) is 0 Å². The van der Waals surface area contributed by atoms with Gasteiger partial charge in [0.05, 0.1) is 4.08 Å². The molecule has 1 aliphatic carbocycles. The Morgan fingerprint density at radius 2 is 1.44 bits per heavy atom. The van der Waals surface area contributed by atoms with Crippen LogP contribution in [-0.2, 0) is 0 Å². The molecule has 0 saturated heterocycles. The molecule has 0 aromatic carbocycles. The van der Waals surface area contributed by atoms with Crippen LogP contribution in [0.2, 0.25) is 0 Å². The summed E-state index contributed by atoms with van der Waals surface area (Å²) < 4.78 is 0.561. The third-order valence-corrected chi connectivity index (χ3v) is 6.94. The van der Waals surface area contributed by atoms with Crippen LogP contribution in [0.3, 0.4) is 0 Å². The Balaban J connectivity index is 2.55. The van der Waals surface area contributed by atoms with Gasteiger partial charge in [-0.15, -0.1) is 23.5 Å². The molecule has 16 heavy (non-hydrogen) atoms. The van der Waals surface area contributed by atoms with Gasteiger partial charge >= 0.3 is 0 Å². The summed E-state index contributed by atoms with van der Waals surface area (Å²) in [6.45, 7) is 11.8. The second-order valence-electron chi connectivity index (χ2n) is 5.92. The van der Waals surface area contributed by atoms with Gasteiger partial charge in [0.1, 0.15) is 0 Å². The van der Waals surface area contributed by atoms with Crippen LogP contribution in [0.5, 0.6) is 0 Å². The van der Waals surface area contributed by atoms with Gasteiger partial charge in [-0.2, -0.15) is 0 Å².